The highest BCUT2D eigenvalue weighted by Crippen LogP contribution is 2.36. The van der Waals surface area contributed by atoms with E-state index in [0.717, 1.165) is 9.77 Å². The lowest BCUT2D eigenvalue weighted by molar-refractivity contribution is -0.120. The monoisotopic (exact) mass is 410 g/mol. The van der Waals surface area contributed by atoms with Crippen LogP contribution in [0.2, 0.25) is 0 Å². The molecule has 6 nitrogen and oxygen atoms in total. The number of benzene rings is 1. The van der Waals surface area contributed by atoms with Crippen LogP contribution in [0, 0.1) is 0 Å². The van der Waals surface area contributed by atoms with Gasteiger partial charge in [0.2, 0.25) is 11.8 Å². The van der Waals surface area contributed by atoms with Gasteiger partial charge < -0.3 is 10.6 Å². The van der Waals surface area contributed by atoms with Crippen LogP contribution in [0.4, 0.5) is 5.69 Å². The van der Waals surface area contributed by atoms with Crippen LogP contribution in [0.3, 0.4) is 0 Å². The standard InChI is InChI=1S/C17H18N2O4S3/c1-11-17(21)19-14-9-13(4-5-15(14)25-11)26(22,23)8-6-16(20)18-10-12-3-2-7-24-12/h2-5,7,9,11H,6,8,10H2,1H3,(H,18,20)(H,19,21)/t11-/m1/s1. The van der Waals surface area contributed by atoms with Crippen molar-refractivity contribution in [2.45, 2.75) is 34.9 Å². The third-order valence-corrected chi connectivity index (χ3v) is 7.65. The molecule has 1 aliphatic heterocycles. The van der Waals surface area contributed by atoms with E-state index in [4.69, 9.17) is 0 Å². The van der Waals surface area contributed by atoms with Crippen LogP contribution in [0.15, 0.2) is 45.5 Å². The van der Waals surface area contributed by atoms with Gasteiger partial charge in [0.05, 0.1) is 28.1 Å². The Labute approximate surface area is 160 Å². The summed E-state index contributed by atoms with van der Waals surface area (Å²) < 4.78 is 25.0. The van der Waals surface area contributed by atoms with Gasteiger partial charge in [-0.1, -0.05) is 6.07 Å². The summed E-state index contributed by atoms with van der Waals surface area (Å²) in [5.41, 5.74) is 0.501. The van der Waals surface area contributed by atoms with E-state index in [1.54, 1.807) is 13.0 Å². The van der Waals surface area contributed by atoms with Gasteiger partial charge in [-0.2, -0.15) is 0 Å². The lowest BCUT2D eigenvalue weighted by atomic mass is 10.3. The Bertz CT molecular complexity index is 923. The maximum absolute atomic E-state index is 12.5. The summed E-state index contributed by atoms with van der Waals surface area (Å²) in [6.07, 6.45) is -0.108. The second-order valence-electron chi connectivity index (χ2n) is 5.83. The number of nitrogens with one attached hydrogen (secondary N) is 2. The molecule has 2 N–H and O–H groups in total. The number of carbonyl (C=O) groups excluding carboxylic acids is 2. The molecule has 1 atom stereocenters. The van der Waals surface area contributed by atoms with Crippen LogP contribution in [-0.2, 0) is 26.0 Å². The Kier molecular flexibility index (Phi) is 5.69. The average Bonchev–Trinajstić information content (AvgIpc) is 3.12. The van der Waals surface area contributed by atoms with Crippen molar-refractivity contribution in [1.29, 1.82) is 0 Å². The predicted octanol–water partition coefficient (Wildman–Crippen LogP) is 2.66. The first-order valence-corrected chi connectivity index (χ1v) is 11.4. The highest BCUT2D eigenvalue weighted by atomic mass is 32.2. The molecule has 1 aromatic heterocycles. The summed E-state index contributed by atoms with van der Waals surface area (Å²) in [4.78, 5) is 25.6. The van der Waals surface area contributed by atoms with Gasteiger partial charge in [-0.3, -0.25) is 9.59 Å². The fourth-order valence-corrected chi connectivity index (χ4v) is 5.25. The second-order valence-corrected chi connectivity index (χ2v) is 10.4. The van der Waals surface area contributed by atoms with Crippen LogP contribution >= 0.6 is 23.1 Å². The number of hydrogen-bond donors (Lipinski definition) is 2. The fraction of sp³-hybridized carbons (Fsp3) is 0.294. The number of thioether (sulfide) groups is 1. The van der Waals surface area contributed by atoms with Crippen molar-refractivity contribution in [3.63, 3.8) is 0 Å². The molecular formula is C17H18N2O4S3. The molecule has 2 heterocycles. The molecule has 138 valence electrons. The van der Waals surface area contributed by atoms with Gasteiger partial charge >= 0.3 is 0 Å². The summed E-state index contributed by atoms with van der Waals surface area (Å²) in [5, 5.41) is 7.14. The van der Waals surface area contributed by atoms with E-state index in [0.29, 0.717) is 12.2 Å². The summed E-state index contributed by atoms with van der Waals surface area (Å²) in [7, 11) is -3.61. The van der Waals surface area contributed by atoms with Gasteiger partial charge in [-0.05, 0) is 36.6 Å². The predicted molar refractivity (Wildman–Crippen MR) is 103 cm³/mol. The molecule has 2 amide bonds. The number of hydrogen-bond acceptors (Lipinski definition) is 6. The molecule has 3 rings (SSSR count). The molecule has 0 aliphatic carbocycles. The number of amides is 2. The molecule has 9 heteroatoms. The normalized spacial score (nSPS) is 16.7. The first kappa shape index (κ1) is 18.9. The van der Waals surface area contributed by atoms with E-state index in [9.17, 15) is 18.0 Å². The van der Waals surface area contributed by atoms with Crippen molar-refractivity contribution in [2.75, 3.05) is 11.1 Å². The molecule has 1 aromatic carbocycles. The first-order valence-electron chi connectivity index (χ1n) is 7.98. The number of sulfone groups is 1. The topological polar surface area (TPSA) is 92.3 Å². The number of fused-ring (bicyclic) bond motifs is 1. The number of anilines is 1. The maximum atomic E-state index is 12.5. The van der Waals surface area contributed by atoms with Crippen molar-refractivity contribution in [1.82, 2.24) is 5.32 Å². The van der Waals surface area contributed by atoms with Gasteiger partial charge in [-0.25, -0.2) is 8.42 Å². The van der Waals surface area contributed by atoms with Crippen molar-refractivity contribution in [3.8, 4) is 0 Å². The van der Waals surface area contributed by atoms with Crippen LogP contribution in [0.5, 0.6) is 0 Å². The highest BCUT2D eigenvalue weighted by molar-refractivity contribution is 8.01. The number of rotatable bonds is 6. The zero-order valence-corrected chi connectivity index (χ0v) is 16.5. The Morgan fingerprint density at radius 1 is 1.31 bits per heavy atom. The molecule has 0 radical (unpaired) electrons. The molecule has 0 saturated heterocycles. The lowest BCUT2D eigenvalue weighted by Crippen LogP contribution is -2.27. The third kappa shape index (κ3) is 4.46. The van der Waals surface area contributed by atoms with E-state index >= 15 is 0 Å². The van der Waals surface area contributed by atoms with Gasteiger partial charge in [0.1, 0.15) is 0 Å². The molecule has 2 aromatic rings. The van der Waals surface area contributed by atoms with Crippen LogP contribution in [-0.4, -0.2) is 31.2 Å². The summed E-state index contributed by atoms with van der Waals surface area (Å²) in [5.74, 6) is -0.734. The van der Waals surface area contributed by atoms with E-state index in [1.807, 2.05) is 17.5 Å². The summed E-state index contributed by atoms with van der Waals surface area (Å²) >= 11 is 2.92. The van der Waals surface area contributed by atoms with E-state index in [1.165, 1.54) is 35.2 Å². The smallest absolute Gasteiger partial charge is 0.237 e. The molecule has 1 aliphatic rings. The Morgan fingerprint density at radius 3 is 2.85 bits per heavy atom. The minimum Gasteiger partial charge on any atom is -0.351 e. The van der Waals surface area contributed by atoms with Crippen LogP contribution in [0.25, 0.3) is 0 Å². The Hall–Kier alpha value is -1.84. The molecule has 26 heavy (non-hydrogen) atoms. The van der Waals surface area contributed by atoms with Crippen molar-refractivity contribution >= 4 is 50.4 Å². The first-order chi connectivity index (χ1) is 12.3. The fourth-order valence-electron chi connectivity index (χ4n) is 2.41. The molecule has 0 fully saturated rings. The summed E-state index contributed by atoms with van der Waals surface area (Å²) in [6.45, 7) is 2.19. The molecule has 0 bridgehead atoms. The molecule has 0 unspecified atom stereocenters. The Morgan fingerprint density at radius 2 is 2.12 bits per heavy atom. The summed E-state index contributed by atoms with van der Waals surface area (Å²) in [6, 6.07) is 8.48. The molecule has 0 saturated carbocycles. The minimum atomic E-state index is -3.61. The van der Waals surface area contributed by atoms with Gasteiger partial charge in [0.15, 0.2) is 9.84 Å². The molecular weight excluding hydrogens is 392 g/mol. The molecule has 0 spiro atoms. The Balaban J connectivity index is 1.62. The number of thiophene rings is 1. The maximum Gasteiger partial charge on any atom is 0.237 e. The van der Waals surface area contributed by atoms with E-state index < -0.39 is 9.84 Å². The van der Waals surface area contributed by atoms with Crippen molar-refractivity contribution in [3.05, 3.63) is 40.6 Å². The SMILES string of the molecule is C[C@H]1Sc2ccc(S(=O)(=O)CCC(=O)NCc3cccs3)cc2NC1=O. The zero-order chi connectivity index (χ0) is 18.7. The van der Waals surface area contributed by atoms with Gasteiger partial charge in [0, 0.05) is 16.2 Å². The average molecular weight is 411 g/mol. The zero-order valence-electron chi connectivity index (χ0n) is 14.0. The largest absolute Gasteiger partial charge is 0.351 e. The van der Waals surface area contributed by atoms with E-state index in [2.05, 4.69) is 10.6 Å². The van der Waals surface area contributed by atoms with Gasteiger partial charge in [-0.15, -0.1) is 23.1 Å². The van der Waals surface area contributed by atoms with Crippen LogP contribution in [0.1, 0.15) is 18.2 Å². The highest BCUT2D eigenvalue weighted by Gasteiger charge is 2.25. The van der Waals surface area contributed by atoms with Crippen molar-refractivity contribution in [2.24, 2.45) is 0 Å². The van der Waals surface area contributed by atoms with Gasteiger partial charge in [0.25, 0.3) is 0 Å². The van der Waals surface area contributed by atoms with Crippen LogP contribution < -0.4 is 10.6 Å². The van der Waals surface area contributed by atoms with E-state index in [-0.39, 0.29) is 34.1 Å². The van der Waals surface area contributed by atoms with Crippen molar-refractivity contribution < 1.29 is 18.0 Å². The number of carbonyl (C=O) groups is 2. The lowest BCUT2D eigenvalue weighted by Gasteiger charge is -2.21. The third-order valence-electron chi connectivity index (χ3n) is 3.88. The minimum absolute atomic E-state index is 0.108. The second kappa shape index (κ2) is 7.81. The quantitative estimate of drug-likeness (QED) is 0.764.